The summed E-state index contributed by atoms with van der Waals surface area (Å²) in [5.41, 5.74) is 0.511. The van der Waals surface area contributed by atoms with Crippen LogP contribution < -0.4 is 19.2 Å². The van der Waals surface area contributed by atoms with E-state index in [2.05, 4.69) is 10.1 Å². The number of ether oxygens (including phenoxy) is 3. The van der Waals surface area contributed by atoms with Gasteiger partial charge in [-0.3, -0.25) is 25.0 Å². The average Bonchev–Trinajstić information content (AvgIpc) is 3.34. The Kier molecular flexibility index (Phi) is 7.67. The lowest BCUT2D eigenvalue weighted by Gasteiger charge is -2.15. The number of rotatable bonds is 9. The van der Waals surface area contributed by atoms with Gasteiger partial charge < -0.3 is 14.2 Å². The summed E-state index contributed by atoms with van der Waals surface area (Å²) in [4.78, 5) is 39.4. The normalized spacial score (nSPS) is 11.0. The SMILES string of the molecule is COc1cc(/C=N/N(C(=O)c2cc([N+](=O)[O-])cc([N+](=O)[O-])c2)c2nc3ccc(C)cc3s2)cc(OC)c1OC. The predicted molar refractivity (Wildman–Crippen MR) is 145 cm³/mol. The fraction of sp³-hybridized carbons (Fsp3) is 0.160. The first-order valence-corrected chi connectivity index (χ1v) is 12.0. The smallest absolute Gasteiger partial charge is 0.281 e. The molecule has 4 aromatic rings. The van der Waals surface area contributed by atoms with Gasteiger partial charge in [0.25, 0.3) is 17.3 Å². The van der Waals surface area contributed by atoms with E-state index in [4.69, 9.17) is 14.2 Å². The number of fused-ring (bicyclic) bond motifs is 1. The first-order valence-electron chi connectivity index (χ1n) is 11.1. The topological polar surface area (TPSA) is 160 Å². The number of benzene rings is 3. The number of methoxy groups -OCH3 is 3. The molecule has 0 saturated carbocycles. The monoisotopic (exact) mass is 551 g/mol. The molecule has 200 valence electrons. The van der Waals surface area contributed by atoms with Gasteiger partial charge in [-0.05, 0) is 36.8 Å². The van der Waals surface area contributed by atoms with Crippen LogP contribution in [0.2, 0.25) is 0 Å². The second-order valence-corrected chi connectivity index (χ2v) is 9.05. The molecule has 0 fully saturated rings. The van der Waals surface area contributed by atoms with Gasteiger partial charge >= 0.3 is 0 Å². The highest BCUT2D eigenvalue weighted by atomic mass is 32.1. The molecule has 0 aliphatic rings. The van der Waals surface area contributed by atoms with Gasteiger partial charge in [-0.15, -0.1) is 0 Å². The quantitative estimate of drug-likeness (QED) is 0.156. The third kappa shape index (κ3) is 5.60. The predicted octanol–water partition coefficient (Wildman–Crippen LogP) is 5.13. The van der Waals surface area contributed by atoms with Gasteiger partial charge in [-0.25, -0.2) is 4.98 Å². The van der Waals surface area contributed by atoms with Crippen LogP contribution in [0.1, 0.15) is 21.5 Å². The van der Waals surface area contributed by atoms with E-state index in [1.54, 1.807) is 18.2 Å². The summed E-state index contributed by atoms with van der Waals surface area (Å²) in [7, 11) is 4.36. The maximum Gasteiger partial charge on any atom is 0.281 e. The third-order valence-electron chi connectivity index (χ3n) is 5.49. The van der Waals surface area contributed by atoms with E-state index in [0.717, 1.165) is 44.8 Å². The van der Waals surface area contributed by atoms with Crippen LogP contribution in [-0.4, -0.2) is 48.3 Å². The molecule has 39 heavy (non-hydrogen) atoms. The van der Waals surface area contributed by atoms with Gasteiger partial charge in [-0.2, -0.15) is 10.1 Å². The number of hydrogen-bond acceptors (Lipinski definition) is 11. The standard InChI is InChI=1S/C25H21N5O8S/c1-14-5-6-19-22(7-14)39-25(27-19)28(24(31)16-10-17(29(32)33)12-18(11-16)30(34)35)26-13-15-8-20(36-2)23(38-4)21(9-15)37-3/h5-13H,1-4H3/b26-13+. The van der Waals surface area contributed by atoms with Crippen LogP contribution in [0.3, 0.4) is 0 Å². The molecule has 0 atom stereocenters. The summed E-state index contributed by atoms with van der Waals surface area (Å²) in [6.07, 6.45) is 1.34. The molecule has 3 aromatic carbocycles. The number of thiazole rings is 1. The number of aryl methyl sites for hydroxylation is 1. The lowest BCUT2D eigenvalue weighted by Crippen LogP contribution is -2.26. The Morgan fingerprint density at radius 3 is 2.10 bits per heavy atom. The second-order valence-electron chi connectivity index (χ2n) is 8.04. The molecule has 13 nitrogen and oxygen atoms in total. The molecule has 0 bridgehead atoms. The molecule has 14 heteroatoms. The Labute approximate surface area is 225 Å². The Hall–Kier alpha value is -5.11. The van der Waals surface area contributed by atoms with Crippen LogP contribution in [0.15, 0.2) is 53.6 Å². The summed E-state index contributed by atoms with van der Waals surface area (Å²) >= 11 is 1.16. The van der Waals surface area contributed by atoms with Crippen molar-refractivity contribution in [2.45, 2.75) is 6.92 Å². The van der Waals surface area contributed by atoms with Crippen molar-refractivity contribution in [3.8, 4) is 17.2 Å². The second kappa shape index (κ2) is 11.1. The molecule has 0 aliphatic heterocycles. The Morgan fingerprint density at radius 1 is 0.949 bits per heavy atom. The zero-order valence-corrected chi connectivity index (χ0v) is 21.9. The molecule has 0 spiro atoms. The van der Waals surface area contributed by atoms with Crippen molar-refractivity contribution in [3.05, 3.63) is 85.4 Å². The van der Waals surface area contributed by atoms with Crippen LogP contribution >= 0.6 is 11.3 Å². The van der Waals surface area contributed by atoms with Crippen LogP contribution in [0.5, 0.6) is 17.2 Å². The number of carbonyl (C=O) groups excluding carboxylic acids is 1. The highest BCUT2D eigenvalue weighted by Crippen LogP contribution is 2.38. The summed E-state index contributed by atoms with van der Waals surface area (Å²) in [5, 5.41) is 28.2. The summed E-state index contributed by atoms with van der Waals surface area (Å²) in [5.74, 6) is 0.193. The number of hydrogen-bond donors (Lipinski definition) is 0. The number of nitro groups is 2. The molecule has 1 aromatic heterocycles. The van der Waals surface area contributed by atoms with Crippen molar-refractivity contribution in [3.63, 3.8) is 0 Å². The zero-order valence-electron chi connectivity index (χ0n) is 21.1. The lowest BCUT2D eigenvalue weighted by atomic mass is 10.1. The van der Waals surface area contributed by atoms with Crippen molar-refractivity contribution in [2.24, 2.45) is 5.10 Å². The van der Waals surface area contributed by atoms with Gasteiger partial charge in [0.15, 0.2) is 11.5 Å². The van der Waals surface area contributed by atoms with Crippen molar-refractivity contribution in [1.29, 1.82) is 0 Å². The largest absolute Gasteiger partial charge is 0.493 e. The number of amides is 1. The molecule has 1 heterocycles. The average molecular weight is 552 g/mol. The number of hydrazone groups is 1. The summed E-state index contributed by atoms with van der Waals surface area (Å²) in [6.45, 7) is 1.91. The van der Waals surface area contributed by atoms with Crippen molar-refractivity contribution in [2.75, 3.05) is 26.3 Å². The van der Waals surface area contributed by atoms with Gasteiger partial charge in [-0.1, -0.05) is 17.4 Å². The number of nitro benzene ring substituents is 2. The number of aromatic nitrogens is 1. The van der Waals surface area contributed by atoms with Crippen LogP contribution in [0.4, 0.5) is 16.5 Å². The molecule has 0 N–H and O–H groups in total. The molecule has 0 aliphatic carbocycles. The zero-order chi connectivity index (χ0) is 28.3. The Balaban J connectivity index is 1.86. The minimum Gasteiger partial charge on any atom is -0.493 e. The van der Waals surface area contributed by atoms with Crippen LogP contribution in [0.25, 0.3) is 10.2 Å². The fourth-order valence-corrected chi connectivity index (χ4v) is 4.67. The van der Waals surface area contributed by atoms with Crippen molar-refractivity contribution < 1.29 is 28.9 Å². The minimum atomic E-state index is -0.860. The van der Waals surface area contributed by atoms with E-state index >= 15 is 0 Å². The first kappa shape index (κ1) is 26.9. The van der Waals surface area contributed by atoms with Crippen molar-refractivity contribution in [1.82, 2.24) is 4.98 Å². The number of non-ortho nitro benzene ring substituents is 2. The van der Waals surface area contributed by atoms with E-state index in [-0.39, 0.29) is 10.7 Å². The van der Waals surface area contributed by atoms with Crippen molar-refractivity contribution >= 4 is 50.2 Å². The third-order valence-corrected chi connectivity index (χ3v) is 6.48. The number of anilines is 1. The molecular weight excluding hydrogens is 530 g/mol. The lowest BCUT2D eigenvalue weighted by molar-refractivity contribution is -0.394. The van der Waals surface area contributed by atoms with Crippen LogP contribution in [-0.2, 0) is 0 Å². The highest BCUT2D eigenvalue weighted by Gasteiger charge is 2.26. The first-order chi connectivity index (χ1) is 18.6. The molecule has 1 amide bonds. The van der Waals surface area contributed by atoms with E-state index in [9.17, 15) is 25.0 Å². The molecule has 0 radical (unpaired) electrons. The maximum atomic E-state index is 13.7. The molecule has 0 saturated heterocycles. The van der Waals surface area contributed by atoms with E-state index in [1.807, 2.05) is 19.1 Å². The maximum absolute atomic E-state index is 13.7. The minimum absolute atomic E-state index is 0.151. The van der Waals surface area contributed by atoms with Gasteiger partial charge in [0.1, 0.15) is 0 Å². The van der Waals surface area contributed by atoms with Gasteiger partial charge in [0.05, 0.1) is 59.2 Å². The summed E-state index contributed by atoms with van der Waals surface area (Å²) in [6, 6.07) is 11.4. The fourth-order valence-electron chi connectivity index (χ4n) is 3.65. The van der Waals surface area contributed by atoms with Crippen LogP contribution in [0, 0.1) is 27.2 Å². The van der Waals surface area contributed by atoms with Gasteiger partial charge in [0, 0.05) is 17.7 Å². The Bertz CT molecular complexity index is 1580. The van der Waals surface area contributed by atoms with E-state index < -0.39 is 27.1 Å². The summed E-state index contributed by atoms with van der Waals surface area (Å²) < 4.78 is 16.8. The molecule has 0 unspecified atom stereocenters. The molecule has 4 rings (SSSR count). The number of nitrogens with zero attached hydrogens (tertiary/aromatic N) is 5. The molecular formula is C25H21N5O8S. The van der Waals surface area contributed by atoms with E-state index in [1.165, 1.54) is 27.5 Å². The number of carbonyl (C=O) groups is 1. The van der Waals surface area contributed by atoms with Gasteiger partial charge in [0.2, 0.25) is 10.9 Å². The highest BCUT2D eigenvalue weighted by molar-refractivity contribution is 7.22. The Morgan fingerprint density at radius 2 is 1.56 bits per heavy atom. The van der Waals surface area contributed by atoms with E-state index in [0.29, 0.717) is 28.3 Å².